The minimum Gasteiger partial charge on any atom is -0.480 e. The molecule has 3 aromatic rings. The summed E-state index contributed by atoms with van der Waals surface area (Å²) < 4.78 is 0. The quantitative estimate of drug-likeness (QED) is 0.534. The number of rotatable bonds is 8. The lowest BCUT2D eigenvalue weighted by Gasteiger charge is -2.14. The molecule has 0 aliphatic rings. The van der Waals surface area contributed by atoms with E-state index in [4.69, 9.17) is 10.8 Å². The Balaban J connectivity index is 1.54. The summed E-state index contributed by atoms with van der Waals surface area (Å²) in [4.78, 5) is 23.3. The van der Waals surface area contributed by atoms with Gasteiger partial charge >= 0.3 is 5.97 Å². The van der Waals surface area contributed by atoms with Gasteiger partial charge in [0.2, 0.25) is 0 Å². The van der Waals surface area contributed by atoms with Gasteiger partial charge in [0.25, 0.3) is 5.91 Å². The summed E-state index contributed by atoms with van der Waals surface area (Å²) in [5.74, 6) is -1.02. The standard InChI is InChI=1S/C25H26N2O3/c1-17(19-11-13-21(14-12-19)20-5-3-2-4-6-20)16-27-24(28)22-9-7-18(8-10-22)15-23(26)25(29)30/h2-14,17,23H,15-16,26H2,1H3,(H,27,28)(H,29,30)/t17?,23-/m0/s1. The molecule has 0 bridgehead atoms. The number of nitrogens with one attached hydrogen (secondary N) is 1. The maximum absolute atomic E-state index is 12.4. The summed E-state index contributed by atoms with van der Waals surface area (Å²) in [6, 6.07) is 24.5. The van der Waals surface area contributed by atoms with Gasteiger partial charge in [-0.25, -0.2) is 0 Å². The van der Waals surface area contributed by atoms with E-state index in [9.17, 15) is 9.59 Å². The number of carboxylic acid groups (broad SMARTS) is 1. The molecule has 0 aromatic heterocycles. The Kier molecular flexibility index (Phi) is 6.99. The van der Waals surface area contributed by atoms with E-state index in [1.54, 1.807) is 24.3 Å². The molecule has 0 radical (unpaired) electrons. The molecule has 0 heterocycles. The van der Waals surface area contributed by atoms with Crippen molar-refractivity contribution in [2.24, 2.45) is 5.73 Å². The van der Waals surface area contributed by atoms with Gasteiger partial charge < -0.3 is 16.2 Å². The molecule has 0 saturated heterocycles. The molecule has 0 aliphatic carbocycles. The monoisotopic (exact) mass is 402 g/mol. The third kappa shape index (κ3) is 5.55. The molecule has 30 heavy (non-hydrogen) atoms. The van der Waals surface area contributed by atoms with Gasteiger partial charge in [0, 0.05) is 12.1 Å². The largest absolute Gasteiger partial charge is 0.480 e. The average molecular weight is 402 g/mol. The Morgan fingerprint density at radius 2 is 1.50 bits per heavy atom. The smallest absolute Gasteiger partial charge is 0.320 e. The predicted octanol–water partition coefficient (Wildman–Crippen LogP) is 3.84. The number of amides is 1. The molecule has 4 N–H and O–H groups in total. The topological polar surface area (TPSA) is 92.4 Å². The molecule has 5 nitrogen and oxygen atoms in total. The molecule has 3 aromatic carbocycles. The van der Waals surface area contributed by atoms with Crippen molar-refractivity contribution >= 4 is 11.9 Å². The van der Waals surface area contributed by atoms with Gasteiger partial charge in [-0.05, 0) is 46.7 Å². The van der Waals surface area contributed by atoms with Gasteiger partial charge in [0.1, 0.15) is 6.04 Å². The molecule has 154 valence electrons. The SMILES string of the molecule is CC(CNC(=O)c1ccc(C[C@H](N)C(=O)O)cc1)c1ccc(-c2ccccc2)cc1. The number of carboxylic acids is 1. The summed E-state index contributed by atoms with van der Waals surface area (Å²) in [5.41, 5.74) is 10.4. The van der Waals surface area contributed by atoms with E-state index in [1.165, 1.54) is 11.1 Å². The Hall–Kier alpha value is -3.44. The summed E-state index contributed by atoms with van der Waals surface area (Å²) in [7, 11) is 0. The molecule has 3 rings (SSSR count). The molecule has 0 spiro atoms. The summed E-state index contributed by atoms with van der Waals surface area (Å²) in [6.45, 7) is 2.60. The Morgan fingerprint density at radius 1 is 0.900 bits per heavy atom. The van der Waals surface area contributed by atoms with Crippen LogP contribution in [-0.4, -0.2) is 29.6 Å². The highest BCUT2D eigenvalue weighted by molar-refractivity contribution is 5.94. The second-order valence-corrected chi connectivity index (χ2v) is 7.44. The molecule has 0 aliphatic heterocycles. The van der Waals surface area contributed by atoms with Crippen LogP contribution >= 0.6 is 0 Å². The van der Waals surface area contributed by atoms with Crippen LogP contribution in [0.2, 0.25) is 0 Å². The number of aliphatic carboxylic acids is 1. The van der Waals surface area contributed by atoms with E-state index in [2.05, 4.69) is 48.6 Å². The van der Waals surface area contributed by atoms with Crippen molar-refractivity contribution in [3.8, 4) is 11.1 Å². The molecular formula is C25H26N2O3. The summed E-state index contributed by atoms with van der Waals surface area (Å²) >= 11 is 0. The van der Waals surface area contributed by atoms with E-state index in [1.807, 2.05) is 18.2 Å². The Bertz CT molecular complexity index is 983. The second-order valence-electron chi connectivity index (χ2n) is 7.44. The van der Waals surface area contributed by atoms with Crippen molar-refractivity contribution in [2.45, 2.75) is 25.3 Å². The van der Waals surface area contributed by atoms with Crippen LogP contribution in [0.1, 0.15) is 34.3 Å². The molecule has 5 heteroatoms. The van der Waals surface area contributed by atoms with Crippen LogP contribution in [0.5, 0.6) is 0 Å². The first-order valence-corrected chi connectivity index (χ1v) is 9.95. The Labute approximate surface area is 176 Å². The summed E-state index contributed by atoms with van der Waals surface area (Å²) in [6.07, 6.45) is 0.229. The molecule has 1 amide bonds. The fourth-order valence-electron chi connectivity index (χ4n) is 3.23. The highest BCUT2D eigenvalue weighted by Gasteiger charge is 2.13. The molecule has 0 saturated carbocycles. The lowest BCUT2D eigenvalue weighted by Crippen LogP contribution is -2.32. The highest BCUT2D eigenvalue weighted by atomic mass is 16.4. The van der Waals surface area contributed by atoms with Gasteiger partial charge in [-0.15, -0.1) is 0 Å². The first kappa shape index (κ1) is 21.3. The number of nitrogens with two attached hydrogens (primary N) is 1. The fraction of sp³-hybridized carbons (Fsp3) is 0.200. The van der Waals surface area contributed by atoms with E-state index in [0.717, 1.165) is 11.1 Å². The van der Waals surface area contributed by atoms with Crippen LogP contribution in [0.3, 0.4) is 0 Å². The van der Waals surface area contributed by atoms with Crippen LogP contribution in [-0.2, 0) is 11.2 Å². The van der Waals surface area contributed by atoms with Crippen LogP contribution in [0.25, 0.3) is 11.1 Å². The number of carbonyl (C=O) groups is 2. The fourth-order valence-corrected chi connectivity index (χ4v) is 3.23. The van der Waals surface area contributed by atoms with Crippen molar-refractivity contribution in [3.05, 3.63) is 95.6 Å². The van der Waals surface area contributed by atoms with Crippen molar-refractivity contribution in [1.29, 1.82) is 0 Å². The van der Waals surface area contributed by atoms with Crippen molar-refractivity contribution in [3.63, 3.8) is 0 Å². The molecule has 0 fully saturated rings. The normalized spacial score (nSPS) is 12.7. The number of hydrogen-bond acceptors (Lipinski definition) is 3. The Morgan fingerprint density at radius 3 is 2.10 bits per heavy atom. The minimum atomic E-state index is -1.04. The summed E-state index contributed by atoms with van der Waals surface area (Å²) in [5, 5.41) is 11.9. The zero-order valence-electron chi connectivity index (χ0n) is 16.9. The van der Waals surface area contributed by atoms with Gasteiger partial charge in [-0.2, -0.15) is 0 Å². The zero-order valence-corrected chi connectivity index (χ0v) is 16.9. The minimum absolute atomic E-state index is 0.156. The molecular weight excluding hydrogens is 376 g/mol. The van der Waals surface area contributed by atoms with Gasteiger partial charge in [-0.1, -0.05) is 73.7 Å². The van der Waals surface area contributed by atoms with Gasteiger partial charge in [-0.3, -0.25) is 9.59 Å². The molecule has 2 atom stereocenters. The van der Waals surface area contributed by atoms with Gasteiger partial charge in [0.05, 0.1) is 0 Å². The van der Waals surface area contributed by atoms with Crippen molar-refractivity contribution in [2.75, 3.05) is 6.54 Å². The lowest BCUT2D eigenvalue weighted by molar-refractivity contribution is -0.138. The van der Waals surface area contributed by atoms with Crippen LogP contribution in [0.15, 0.2) is 78.9 Å². The second kappa shape index (κ2) is 9.85. The van der Waals surface area contributed by atoms with E-state index < -0.39 is 12.0 Å². The van der Waals surface area contributed by atoms with Crippen molar-refractivity contribution < 1.29 is 14.7 Å². The predicted molar refractivity (Wildman–Crippen MR) is 118 cm³/mol. The van der Waals surface area contributed by atoms with E-state index in [-0.39, 0.29) is 18.2 Å². The van der Waals surface area contributed by atoms with Crippen LogP contribution in [0.4, 0.5) is 0 Å². The third-order valence-corrected chi connectivity index (χ3v) is 5.14. The first-order valence-electron chi connectivity index (χ1n) is 9.95. The lowest BCUT2D eigenvalue weighted by atomic mass is 9.97. The average Bonchev–Trinajstić information content (AvgIpc) is 2.78. The molecule has 1 unspecified atom stereocenters. The van der Waals surface area contributed by atoms with Gasteiger partial charge in [0.15, 0.2) is 0 Å². The maximum atomic E-state index is 12.4. The third-order valence-electron chi connectivity index (χ3n) is 5.14. The number of hydrogen-bond donors (Lipinski definition) is 3. The highest BCUT2D eigenvalue weighted by Crippen LogP contribution is 2.22. The number of carbonyl (C=O) groups excluding carboxylic acids is 1. The van der Waals surface area contributed by atoms with Crippen LogP contribution < -0.4 is 11.1 Å². The van der Waals surface area contributed by atoms with Crippen LogP contribution in [0, 0.1) is 0 Å². The van der Waals surface area contributed by atoms with E-state index in [0.29, 0.717) is 12.1 Å². The van der Waals surface area contributed by atoms with E-state index >= 15 is 0 Å². The maximum Gasteiger partial charge on any atom is 0.320 e. The zero-order chi connectivity index (χ0) is 21.5. The van der Waals surface area contributed by atoms with Crippen molar-refractivity contribution in [1.82, 2.24) is 5.32 Å². The number of benzene rings is 3. The first-order chi connectivity index (χ1) is 14.4.